The van der Waals surface area contributed by atoms with Crippen LogP contribution in [-0.4, -0.2) is 21.2 Å². The van der Waals surface area contributed by atoms with Crippen LogP contribution in [0.3, 0.4) is 0 Å². The zero-order valence-corrected chi connectivity index (χ0v) is 8.89. The fraction of sp³-hybridized carbons (Fsp3) is 0.400. The van der Waals surface area contributed by atoms with E-state index in [2.05, 4.69) is 5.32 Å². The molecule has 1 aromatic carbocycles. The smallest absolute Gasteiger partial charge is 0.175 e. The lowest BCUT2D eigenvalue weighted by atomic mass is 10.0. The fourth-order valence-electron chi connectivity index (χ4n) is 1.68. The Bertz CT molecular complexity index is 451. The van der Waals surface area contributed by atoms with Gasteiger partial charge in [-0.25, -0.2) is 8.42 Å². The monoisotopic (exact) mass is 211 g/mol. The van der Waals surface area contributed by atoms with Crippen LogP contribution in [0.5, 0.6) is 0 Å². The van der Waals surface area contributed by atoms with E-state index < -0.39 is 9.84 Å². The Morgan fingerprint density at radius 3 is 2.86 bits per heavy atom. The van der Waals surface area contributed by atoms with Crippen LogP contribution in [0.2, 0.25) is 0 Å². The highest BCUT2D eigenvalue weighted by Crippen LogP contribution is 2.24. The van der Waals surface area contributed by atoms with E-state index in [1.807, 2.05) is 6.07 Å². The SMILES string of the molecule is CS(=O)(=O)c1ccc2c(c1)CCCN2. The highest BCUT2D eigenvalue weighted by atomic mass is 32.2. The molecule has 14 heavy (non-hydrogen) atoms. The number of aryl methyl sites for hydroxylation is 1. The van der Waals surface area contributed by atoms with E-state index in [0.29, 0.717) is 4.90 Å². The van der Waals surface area contributed by atoms with Gasteiger partial charge in [-0.3, -0.25) is 0 Å². The molecule has 1 aliphatic heterocycles. The molecule has 0 fully saturated rings. The van der Waals surface area contributed by atoms with Crippen LogP contribution in [-0.2, 0) is 16.3 Å². The largest absolute Gasteiger partial charge is 0.385 e. The van der Waals surface area contributed by atoms with Crippen LogP contribution in [0.1, 0.15) is 12.0 Å². The van der Waals surface area contributed by atoms with Gasteiger partial charge in [0.05, 0.1) is 4.90 Å². The Balaban J connectivity index is 2.49. The highest BCUT2D eigenvalue weighted by molar-refractivity contribution is 7.90. The first kappa shape index (κ1) is 9.52. The minimum absolute atomic E-state index is 0.417. The predicted octanol–water partition coefficient (Wildman–Crippen LogP) is 1.45. The molecule has 0 unspecified atom stereocenters. The lowest BCUT2D eigenvalue weighted by molar-refractivity contribution is 0.601. The number of hydrogen-bond donors (Lipinski definition) is 1. The number of nitrogens with one attached hydrogen (secondary N) is 1. The summed E-state index contributed by atoms with van der Waals surface area (Å²) in [5, 5.41) is 3.25. The van der Waals surface area contributed by atoms with E-state index >= 15 is 0 Å². The molecule has 4 heteroatoms. The van der Waals surface area contributed by atoms with Gasteiger partial charge in [0.25, 0.3) is 0 Å². The Hall–Kier alpha value is -1.03. The van der Waals surface area contributed by atoms with Crippen molar-refractivity contribution < 1.29 is 8.42 Å². The second-order valence-corrected chi connectivity index (χ2v) is 5.64. The van der Waals surface area contributed by atoms with Crippen molar-refractivity contribution in [3.63, 3.8) is 0 Å². The summed E-state index contributed by atoms with van der Waals surface area (Å²) in [7, 11) is -3.06. The molecule has 0 saturated carbocycles. The van der Waals surface area contributed by atoms with Gasteiger partial charge in [-0.15, -0.1) is 0 Å². The predicted molar refractivity (Wildman–Crippen MR) is 56.4 cm³/mol. The second kappa shape index (κ2) is 3.28. The summed E-state index contributed by atoms with van der Waals surface area (Å²) in [4.78, 5) is 0.417. The maximum atomic E-state index is 11.3. The molecule has 1 aliphatic rings. The van der Waals surface area contributed by atoms with Crippen molar-refractivity contribution in [3.05, 3.63) is 23.8 Å². The van der Waals surface area contributed by atoms with Crippen molar-refractivity contribution in [1.82, 2.24) is 0 Å². The molecule has 0 spiro atoms. The van der Waals surface area contributed by atoms with Gasteiger partial charge in [0.2, 0.25) is 0 Å². The van der Waals surface area contributed by atoms with Gasteiger partial charge in [0.1, 0.15) is 0 Å². The molecule has 0 aliphatic carbocycles. The Morgan fingerprint density at radius 2 is 2.14 bits per heavy atom. The molecule has 0 radical (unpaired) electrons. The summed E-state index contributed by atoms with van der Waals surface area (Å²) in [6, 6.07) is 5.29. The normalized spacial score (nSPS) is 15.8. The average Bonchev–Trinajstić information content (AvgIpc) is 2.16. The fourth-order valence-corrected chi connectivity index (χ4v) is 2.35. The van der Waals surface area contributed by atoms with E-state index in [-0.39, 0.29) is 0 Å². The summed E-state index contributed by atoms with van der Waals surface area (Å²) in [6.07, 6.45) is 3.27. The molecule has 1 heterocycles. The van der Waals surface area contributed by atoms with Crippen LogP contribution in [0.25, 0.3) is 0 Å². The minimum atomic E-state index is -3.06. The van der Waals surface area contributed by atoms with Crippen molar-refractivity contribution in [2.24, 2.45) is 0 Å². The molecule has 1 aromatic rings. The number of sulfone groups is 1. The lowest BCUT2D eigenvalue weighted by Gasteiger charge is -2.18. The van der Waals surface area contributed by atoms with E-state index in [1.165, 1.54) is 6.26 Å². The summed E-state index contributed by atoms with van der Waals surface area (Å²) in [5.41, 5.74) is 2.18. The molecule has 0 atom stereocenters. The van der Waals surface area contributed by atoms with Crippen molar-refractivity contribution in [2.75, 3.05) is 18.1 Å². The zero-order chi connectivity index (χ0) is 10.2. The first-order valence-electron chi connectivity index (χ1n) is 4.64. The average molecular weight is 211 g/mol. The molecule has 2 rings (SSSR count). The third-order valence-electron chi connectivity index (χ3n) is 2.44. The van der Waals surface area contributed by atoms with Crippen LogP contribution in [0.4, 0.5) is 5.69 Å². The van der Waals surface area contributed by atoms with Crippen LogP contribution in [0.15, 0.2) is 23.1 Å². The molecule has 1 N–H and O–H groups in total. The summed E-state index contributed by atoms with van der Waals surface area (Å²) < 4.78 is 22.6. The van der Waals surface area contributed by atoms with Crippen molar-refractivity contribution in [3.8, 4) is 0 Å². The van der Waals surface area contributed by atoms with Gasteiger partial charge in [0.15, 0.2) is 9.84 Å². The van der Waals surface area contributed by atoms with Crippen molar-refractivity contribution >= 4 is 15.5 Å². The molecule has 0 aromatic heterocycles. The number of rotatable bonds is 1. The number of fused-ring (bicyclic) bond motifs is 1. The lowest BCUT2D eigenvalue weighted by Crippen LogP contribution is -2.12. The van der Waals surface area contributed by atoms with Gasteiger partial charge >= 0.3 is 0 Å². The van der Waals surface area contributed by atoms with Gasteiger partial charge in [-0.05, 0) is 36.6 Å². The quantitative estimate of drug-likeness (QED) is 0.764. The Morgan fingerprint density at radius 1 is 1.36 bits per heavy atom. The molecule has 76 valence electrons. The third-order valence-corrected chi connectivity index (χ3v) is 3.55. The van der Waals surface area contributed by atoms with E-state index in [4.69, 9.17) is 0 Å². The number of benzene rings is 1. The maximum absolute atomic E-state index is 11.3. The van der Waals surface area contributed by atoms with E-state index in [1.54, 1.807) is 12.1 Å². The topological polar surface area (TPSA) is 46.2 Å². The first-order valence-corrected chi connectivity index (χ1v) is 6.53. The summed E-state index contributed by atoms with van der Waals surface area (Å²) in [6.45, 7) is 0.977. The highest BCUT2D eigenvalue weighted by Gasteiger charge is 2.12. The zero-order valence-electron chi connectivity index (χ0n) is 8.08. The van der Waals surface area contributed by atoms with Crippen LogP contribution >= 0.6 is 0 Å². The Kier molecular flexibility index (Phi) is 2.23. The molecule has 0 saturated heterocycles. The van der Waals surface area contributed by atoms with Crippen molar-refractivity contribution in [2.45, 2.75) is 17.7 Å². The van der Waals surface area contributed by atoms with E-state index in [0.717, 1.165) is 30.6 Å². The maximum Gasteiger partial charge on any atom is 0.175 e. The number of hydrogen-bond acceptors (Lipinski definition) is 3. The van der Waals surface area contributed by atoms with E-state index in [9.17, 15) is 8.42 Å². The molecule has 0 amide bonds. The minimum Gasteiger partial charge on any atom is -0.385 e. The molecule has 0 bridgehead atoms. The van der Waals surface area contributed by atoms with Gasteiger partial charge in [-0.1, -0.05) is 0 Å². The van der Waals surface area contributed by atoms with Gasteiger partial charge < -0.3 is 5.32 Å². The summed E-state index contributed by atoms with van der Waals surface area (Å²) >= 11 is 0. The Labute approximate surface area is 84.1 Å². The summed E-state index contributed by atoms with van der Waals surface area (Å²) in [5.74, 6) is 0. The molecule has 3 nitrogen and oxygen atoms in total. The third kappa shape index (κ3) is 1.75. The van der Waals surface area contributed by atoms with Crippen LogP contribution < -0.4 is 5.32 Å². The van der Waals surface area contributed by atoms with Gasteiger partial charge in [0, 0.05) is 18.5 Å². The molecular weight excluding hydrogens is 198 g/mol. The van der Waals surface area contributed by atoms with Gasteiger partial charge in [-0.2, -0.15) is 0 Å². The van der Waals surface area contributed by atoms with Crippen molar-refractivity contribution in [1.29, 1.82) is 0 Å². The van der Waals surface area contributed by atoms with Crippen LogP contribution in [0, 0.1) is 0 Å². The first-order chi connectivity index (χ1) is 6.57. The second-order valence-electron chi connectivity index (χ2n) is 3.62. The number of anilines is 1. The standard InChI is InChI=1S/C10H13NO2S/c1-14(12,13)9-4-5-10-8(7-9)3-2-6-11-10/h4-5,7,11H,2-3,6H2,1H3. The molecular formula is C10H13NO2S.